The summed E-state index contributed by atoms with van der Waals surface area (Å²) >= 11 is 7.31. The molecule has 1 fully saturated rings. The van der Waals surface area contributed by atoms with Crippen LogP contribution in [0.3, 0.4) is 0 Å². The van der Waals surface area contributed by atoms with Crippen LogP contribution in [0.5, 0.6) is 0 Å². The molecule has 0 bridgehead atoms. The highest BCUT2D eigenvalue weighted by molar-refractivity contribution is 8.18. The van der Waals surface area contributed by atoms with E-state index in [4.69, 9.17) is 16.3 Å². The minimum Gasteiger partial charge on any atom is -0.385 e. The number of para-hydroxylation sites is 1. The van der Waals surface area contributed by atoms with E-state index in [1.54, 1.807) is 18.1 Å². The number of hydrogen-bond donors (Lipinski definition) is 0. The van der Waals surface area contributed by atoms with Gasteiger partial charge < -0.3 is 4.74 Å². The number of amidine groups is 1. The summed E-state index contributed by atoms with van der Waals surface area (Å²) in [5.41, 5.74) is 0.947. The lowest BCUT2D eigenvalue weighted by atomic mass is 10.2. The minimum atomic E-state index is -0.470. The normalized spacial score (nSPS) is 17.3. The molecule has 1 aliphatic heterocycles. The largest absolute Gasteiger partial charge is 0.385 e. The van der Waals surface area contributed by atoms with Crippen LogP contribution in [-0.2, 0) is 9.53 Å². The Morgan fingerprint density at radius 1 is 1.22 bits per heavy atom. The van der Waals surface area contributed by atoms with Crippen molar-refractivity contribution in [2.75, 3.05) is 20.3 Å². The average Bonchev–Trinajstić information content (AvgIpc) is 2.94. The summed E-state index contributed by atoms with van der Waals surface area (Å²) in [5, 5.41) is 0.816. The molecule has 1 aliphatic rings. The van der Waals surface area contributed by atoms with Gasteiger partial charge in [-0.05, 0) is 48.5 Å². The number of carbonyl (C=O) groups excluding carboxylic acids is 1. The van der Waals surface area contributed by atoms with Crippen LogP contribution in [0, 0.1) is 5.82 Å². The second kappa shape index (κ2) is 9.17. The topological polar surface area (TPSA) is 41.9 Å². The first-order valence-electron chi connectivity index (χ1n) is 8.38. The molecule has 0 spiro atoms. The van der Waals surface area contributed by atoms with Crippen molar-refractivity contribution in [3.05, 3.63) is 69.8 Å². The van der Waals surface area contributed by atoms with E-state index in [0.717, 1.165) is 5.69 Å². The third kappa shape index (κ3) is 4.77. The number of amides is 1. The van der Waals surface area contributed by atoms with Crippen LogP contribution in [0.2, 0.25) is 5.02 Å². The summed E-state index contributed by atoms with van der Waals surface area (Å²) < 4.78 is 19.2. The third-order valence-corrected chi connectivity index (χ3v) is 5.21. The molecule has 2 aromatic carbocycles. The van der Waals surface area contributed by atoms with Crippen molar-refractivity contribution in [2.24, 2.45) is 4.99 Å². The van der Waals surface area contributed by atoms with Gasteiger partial charge in [-0.25, -0.2) is 9.38 Å². The first kappa shape index (κ1) is 19.6. The Morgan fingerprint density at radius 3 is 2.70 bits per heavy atom. The van der Waals surface area contributed by atoms with Gasteiger partial charge in [0.05, 0.1) is 15.6 Å². The molecule has 1 amide bonds. The maximum Gasteiger partial charge on any atom is 0.266 e. The second-order valence-electron chi connectivity index (χ2n) is 5.78. The molecule has 3 rings (SSSR count). The Kier molecular flexibility index (Phi) is 6.66. The fraction of sp³-hybridized carbons (Fsp3) is 0.200. The number of rotatable bonds is 6. The van der Waals surface area contributed by atoms with Gasteiger partial charge in [0.1, 0.15) is 5.82 Å². The van der Waals surface area contributed by atoms with Crippen LogP contribution < -0.4 is 0 Å². The molecule has 1 heterocycles. The van der Waals surface area contributed by atoms with Gasteiger partial charge in [-0.15, -0.1) is 0 Å². The number of hydrogen-bond acceptors (Lipinski definition) is 4. The average molecular weight is 405 g/mol. The Balaban J connectivity index is 1.94. The molecule has 0 aliphatic carbocycles. The van der Waals surface area contributed by atoms with E-state index >= 15 is 0 Å². The number of benzene rings is 2. The SMILES string of the molecule is COCCCN1C(=O)/C(=C/c2c(F)cccc2Cl)SC1=Nc1ccccc1. The van der Waals surface area contributed by atoms with Gasteiger partial charge in [0.25, 0.3) is 5.91 Å². The minimum absolute atomic E-state index is 0.202. The summed E-state index contributed by atoms with van der Waals surface area (Å²) in [6.07, 6.45) is 2.16. The lowest BCUT2D eigenvalue weighted by molar-refractivity contribution is -0.122. The fourth-order valence-electron chi connectivity index (χ4n) is 2.55. The van der Waals surface area contributed by atoms with Crippen LogP contribution in [0.15, 0.2) is 58.4 Å². The third-order valence-electron chi connectivity index (χ3n) is 3.87. The number of carbonyl (C=O) groups is 1. The highest BCUT2D eigenvalue weighted by Crippen LogP contribution is 2.35. The molecule has 2 aromatic rings. The van der Waals surface area contributed by atoms with Crippen molar-refractivity contribution < 1.29 is 13.9 Å². The molecule has 0 saturated carbocycles. The van der Waals surface area contributed by atoms with Gasteiger partial charge in [-0.3, -0.25) is 9.69 Å². The fourth-order valence-corrected chi connectivity index (χ4v) is 3.77. The highest BCUT2D eigenvalue weighted by atomic mass is 35.5. The van der Waals surface area contributed by atoms with Crippen molar-refractivity contribution in [2.45, 2.75) is 6.42 Å². The van der Waals surface area contributed by atoms with Crippen molar-refractivity contribution in [3.8, 4) is 0 Å². The standard InChI is InChI=1S/C20H18ClFN2O2S/c1-26-12-6-11-24-19(25)18(13-15-16(21)9-5-10-17(15)22)27-20(24)23-14-7-3-2-4-8-14/h2-5,7-10,13H,6,11-12H2,1H3/b18-13-,23-20?. The first-order valence-corrected chi connectivity index (χ1v) is 9.57. The molecule has 27 heavy (non-hydrogen) atoms. The molecule has 0 aromatic heterocycles. The number of thioether (sulfide) groups is 1. The van der Waals surface area contributed by atoms with E-state index in [2.05, 4.69) is 4.99 Å². The Bertz CT molecular complexity index is 867. The predicted molar refractivity (Wildman–Crippen MR) is 109 cm³/mol. The first-order chi connectivity index (χ1) is 13.1. The van der Waals surface area contributed by atoms with Gasteiger partial charge in [0.2, 0.25) is 0 Å². The van der Waals surface area contributed by atoms with E-state index in [1.807, 2.05) is 30.3 Å². The number of ether oxygens (including phenoxy) is 1. The highest BCUT2D eigenvalue weighted by Gasteiger charge is 2.33. The zero-order chi connectivity index (χ0) is 19.2. The molecule has 1 saturated heterocycles. The predicted octanol–water partition coefficient (Wildman–Crippen LogP) is 5.12. The van der Waals surface area contributed by atoms with Crippen molar-refractivity contribution >= 4 is 46.2 Å². The van der Waals surface area contributed by atoms with E-state index < -0.39 is 5.82 Å². The Labute approximate surface area is 166 Å². The molecule has 4 nitrogen and oxygen atoms in total. The summed E-state index contributed by atoms with van der Waals surface area (Å²) in [6.45, 7) is 0.999. The molecule has 0 N–H and O–H groups in total. The van der Waals surface area contributed by atoms with E-state index in [1.165, 1.54) is 30.0 Å². The lowest BCUT2D eigenvalue weighted by Gasteiger charge is -2.15. The second-order valence-corrected chi connectivity index (χ2v) is 7.20. The molecule has 140 valence electrons. The van der Waals surface area contributed by atoms with Crippen LogP contribution in [-0.4, -0.2) is 36.2 Å². The number of aliphatic imine (C=N–C) groups is 1. The maximum atomic E-state index is 14.1. The monoisotopic (exact) mass is 404 g/mol. The van der Waals surface area contributed by atoms with E-state index in [-0.39, 0.29) is 16.5 Å². The van der Waals surface area contributed by atoms with Crippen molar-refractivity contribution in [3.63, 3.8) is 0 Å². The molecule has 0 radical (unpaired) electrons. The Hall–Kier alpha value is -2.15. The van der Waals surface area contributed by atoms with Gasteiger partial charge in [0, 0.05) is 25.8 Å². The summed E-state index contributed by atoms with van der Waals surface area (Å²) in [7, 11) is 1.62. The van der Waals surface area contributed by atoms with Gasteiger partial charge in [-0.2, -0.15) is 0 Å². The summed E-state index contributed by atoms with van der Waals surface area (Å²) in [4.78, 5) is 19.4. The van der Waals surface area contributed by atoms with Gasteiger partial charge in [-0.1, -0.05) is 35.9 Å². The molecule has 0 atom stereocenters. The van der Waals surface area contributed by atoms with Gasteiger partial charge in [0.15, 0.2) is 5.17 Å². The van der Waals surface area contributed by atoms with E-state index in [0.29, 0.717) is 29.6 Å². The maximum absolute atomic E-state index is 14.1. The van der Waals surface area contributed by atoms with E-state index in [9.17, 15) is 9.18 Å². The summed E-state index contributed by atoms with van der Waals surface area (Å²) in [6, 6.07) is 13.8. The number of halogens is 2. The van der Waals surface area contributed by atoms with Crippen LogP contribution in [0.25, 0.3) is 6.08 Å². The molecule has 0 unspecified atom stereocenters. The van der Waals surface area contributed by atoms with Crippen LogP contribution in [0.1, 0.15) is 12.0 Å². The number of nitrogens with zero attached hydrogens (tertiary/aromatic N) is 2. The molecular formula is C20H18ClFN2O2S. The molecular weight excluding hydrogens is 387 g/mol. The van der Waals surface area contributed by atoms with Crippen molar-refractivity contribution in [1.29, 1.82) is 0 Å². The zero-order valence-electron chi connectivity index (χ0n) is 14.7. The Morgan fingerprint density at radius 2 is 2.00 bits per heavy atom. The van der Waals surface area contributed by atoms with Gasteiger partial charge >= 0.3 is 0 Å². The van der Waals surface area contributed by atoms with Crippen LogP contribution in [0.4, 0.5) is 10.1 Å². The van der Waals surface area contributed by atoms with Crippen LogP contribution >= 0.6 is 23.4 Å². The smallest absolute Gasteiger partial charge is 0.266 e. The van der Waals surface area contributed by atoms with Crippen molar-refractivity contribution in [1.82, 2.24) is 4.90 Å². The molecule has 7 heteroatoms. The summed E-state index contributed by atoms with van der Waals surface area (Å²) in [5.74, 6) is -0.687. The lowest BCUT2D eigenvalue weighted by Crippen LogP contribution is -2.30. The zero-order valence-corrected chi connectivity index (χ0v) is 16.3. The number of methoxy groups -OCH3 is 1. The quantitative estimate of drug-likeness (QED) is 0.495.